The predicted molar refractivity (Wildman–Crippen MR) is 91.6 cm³/mol. The van der Waals surface area contributed by atoms with Gasteiger partial charge in [0, 0.05) is 13.8 Å². The van der Waals surface area contributed by atoms with Crippen LogP contribution in [0.1, 0.15) is 26.3 Å². The third-order valence-electron chi connectivity index (χ3n) is 3.12. The number of halogens is 1. The van der Waals surface area contributed by atoms with Crippen molar-refractivity contribution in [1.82, 2.24) is 0 Å². The molecule has 8 nitrogen and oxygen atoms in total. The van der Waals surface area contributed by atoms with Crippen molar-refractivity contribution in [3.8, 4) is 11.5 Å². The van der Waals surface area contributed by atoms with Crippen LogP contribution in [0.5, 0.6) is 11.5 Å². The molecule has 1 heterocycles. The molecular formula is C17H18ClNO7. The molecule has 2 N–H and O–H groups in total. The van der Waals surface area contributed by atoms with Gasteiger partial charge in [-0.1, -0.05) is 11.6 Å². The van der Waals surface area contributed by atoms with Crippen molar-refractivity contribution < 1.29 is 33.3 Å². The van der Waals surface area contributed by atoms with E-state index in [2.05, 4.69) is 0 Å². The summed E-state index contributed by atoms with van der Waals surface area (Å²) in [5.41, 5.74) is 5.16. The molecule has 1 aliphatic heterocycles. The van der Waals surface area contributed by atoms with Gasteiger partial charge in [0.15, 0.2) is 18.1 Å². The van der Waals surface area contributed by atoms with E-state index in [1.165, 1.54) is 32.1 Å². The number of nitrogens with two attached hydrogens (primary N) is 1. The zero-order valence-electron chi connectivity index (χ0n) is 14.5. The summed E-state index contributed by atoms with van der Waals surface area (Å²) in [5, 5.41) is 0.113. The van der Waals surface area contributed by atoms with Crippen molar-refractivity contribution in [2.45, 2.75) is 26.6 Å². The fraction of sp³-hybridized carbons (Fsp3) is 0.353. The van der Waals surface area contributed by atoms with E-state index in [1.54, 1.807) is 6.92 Å². The Morgan fingerprint density at radius 2 is 1.85 bits per heavy atom. The normalized spacial score (nSPS) is 15.8. The summed E-state index contributed by atoms with van der Waals surface area (Å²) < 4.78 is 20.8. The van der Waals surface area contributed by atoms with Crippen LogP contribution < -0.4 is 15.2 Å². The average Bonchev–Trinajstić information content (AvgIpc) is 2.49. The van der Waals surface area contributed by atoms with Gasteiger partial charge in [0.1, 0.15) is 5.57 Å². The monoisotopic (exact) mass is 383 g/mol. The average molecular weight is 384 g/mol. The molecule has 0 aromatic heterocycles. The zero-order valence-corrected chi connectivity index (χ0v) is 15.2. The molecule has 0 bridgehead atoms. The topological polar surface area (TPSA) is 114 Å². The van der Waals surface area contributed by atoms with Crippen molar-refractivity contribution in [3.05, 3.63) is 28.3 Å². The molecule has 0 spiro atoms. The van der Waals surface area contributed by atoms with Crippen LogP contribution in [0, 0.1) is 0 Å². The van der Waals surface area contributed by atoms with E-state index < -0.39 is 23.6 Å². The summed E-state index contributed by atoms with van der Waals surface area (Å²) >= 11 is 6.17. The van der Waals surface area contributed by atoms with Crippen molar-refractivity contribution in [3.63, 3.8) is 0 Å². The first kappa shape index (κ1) is 19.6. The molecule has 0 radical (unpaired) electrons. The minimum absolute atomic E-state index is 0.113. The van der Waals surface area contributed by atoms with Crippen molar-refractivity contribution >= 4 is 35.5 Å². The Morgan fingerprint density at radius 3 is 2.38 bits per heavy atom. The van der Waals surface area contributed by atoms with Gasteiger partial charge in [-0.15, -0.1) is 0 Å². The van der Waals surface area contributed by atoms with Gasteiger partial charge < -0.3 is 24.7 Å². The first-order valence-corrected chi connectivity index (χ1v) is 8.06. The maximum Gasteiger partial charge on any atom is 0.348 e. The minimum Gasteiger partial charge on any atom is -0.490 e. The van der Waals surface area contributed by atoms with Crippen LogP contribution in [0.4, 0.5) is 0 Å². The largest absolute Gasteiger partial charge is 0.490 e. The maximum atomic E-state index is 12.0. The van der Waals surface area contributed by atoms with E-state index in [9.17, 15) is 14.4 Å². The van der Waals surface area contributed by atoms with Crippen LogP contribution >= 0.6 is 11.6 Å². The number of amides is 1. The number of benzene rings is 1. The number of cyclic esters (lactones) is 2. The second kappa shape index (κ2) is 7.65. The molecule has 2 rings (SSSR count). The van der Waals surface area contributed by atoms with Crippen LogP contribution in [0.15, 0.2) is 17.7 Å². The van der Waals surface area contributed by atoms with Crippen LogP contribution in [0.25, 0.3) is 6.08 Å². The van der Waals surface area contributed by atoms with Crippen molar-refractivity contribution in [2.75, 3.05) is 13.2 Å². The van der Waals surface area contributed by atoms with Gasteiger partial charge in [0.25, 0.3) is 11.7 Å². The van der Waals surface area contributed by atoms with Crippen molar-refractivity contribution in [2.24, 2.45) is 5.73 Å². The smallest absolute Gasteiger partial charge is 0.348 e. The van der Waals surface area contributed by atoms with Gasteiger partial charge in [-0.3, -0.25) is 4.79 Å². The molecule has 1 saturated heterocycles. The first-order chi connectivity index (χ1) is 12.1. The fourth-order valence-corrected chi connectivity index (χ4v) is 2.44. The lowest BCUT2D eigenvalue weighted by molar-refractivity contribution is -0.222. The second-order valence-corrected chi connectivity index (χ2v) is 6.16. The standard InChI is InChI=1S/C17H18ClNO7/c1-4-23-12-7-9(6-11(18)14(12)24-8-13(19)20)5-10-15(21)25-17(2,3)26-16(10)22/h5-7H,4,8H2,1-3H3,(H2,19,20). The molecule has 1 amide bonds. The van der Waals surface area contributed by atoms with Gasteiger partial charge in [-0.2, -0.15) is 0 Å². The molecule has 9 heteroatoms. The highest BCUT2D eigenvalue weighted by Crippen LogP contribution is 2.37. The molecular weight excluding hydrogens is 366 g/mol. The number of carbonyl (C=O) groups is 3. The van der Waals surface area contributed by atoms with Gasteiger partial charge >= 0.3 is 11.9 Å². The molecule has 26 heavy (non-hydrogen) atoms. The molecule has 140 valence electrons. The van der Waals surface area contributed by atoms with Gasteiger partial charge in [0.2, 0.25) is 0 Å². The van der Waals surface area contributed by atoms with Crippen molar-refractivity contribution in [1.29, 1.82) is 0 Å². The van der Waals surface area contributed by atoms with E-state index in [4.69, 9.17) is 36.3 Å². The number of hydrogen-bond donors (Lipinski definition) is 1. The van der Waals surface area contributed by atoms with E-state index >= 15 is 0 Å². The predicted octanol–water partition coefficient (Wildman–Crippen LogP) is 1.82. The highest BCUT2D eigenvalue weighted by Gasteiger charge is 2.38. The maximum absolute atomic E-state index is 12.0. The highest BCUT2D eigenvalue weighted by atomic mass is 35.5. The van der Waals surface area contributed by atoms with E-state index in [-0.39, 0.29) is 28.7 Å². The molecule has 0 atom stereocenters. The minimum atomic E-state index is -1.33. The number of esters is 2. The van der Waals surface area contributed by atoms with Gasteiger partial charge in [-0.05, 0) is 30.7 Å². The second-order valence-electron chi connectivity index (χ2n) is 5.75. The van der Waals surface area contributed by atoms with Gasteiger partial charge in [-0.25, -0.2) is 9.59 Å². The number of hydrogen-bond acceptors (Lipinski definition) is 7. The van der Waals surface area contributed by atoms with Crippen LogP contribution in [-0.2, 0) is 23.9 Å². The number of rotatable bonds is 6. The quantitative estimate of drug-likeness (QED) is 0.452. The molecule has 1 fully saturated rings. The number of primary amides is 1. The Hall–Kier alpha value is -2.74. The lowest BCUT2D eigenvalue weighted by Gasteiger charge is -2.29. The van der Waals surface area contributed by atoms with Crippen LogP contribution in [0.2, 0.25) is 5.02 Å². The molecule has 1 aromatic carbocycles. The highest BCUT2D eigenvalue weighted by molar-refractivity contribution is 6.32. The van der Waals surface area contributed by atoms with Crippen LogP contribution in [0.3, 0.4) is 0 Å². The summed E-state index contributed by atoms with van der Waals surface area (Å²) in [6.45, 7) is 4.56. The van der Waals surface area contributed by atoms with Gasteiger partial charge in [0.05, 0.1) is 11.6 Å². The third-order valence-corrected chi connectivity index (χ3v) is 3.40. The fourth-order valence-electron chi connectivity index (χ4n) is 2.16. The summed E-state index contributed by atoms with van der Waals surface area (Å²) in [7, 11) is 0. The van der Waals surface area contributed by atoms with Crippen LogP contribution in [-0.4, -0.2) is 36.8 Å². The molecule has 1 aliphatic rings. The Kier molecular flexibility index (Phi) is 5.76. The molecule has 0 saturated carbocycles. The summed E-state index contributed by atoms with van der Waals surface area (Å²) in [6, 6.07) is 2.94. The lowest BCUT2D eigenvalue weighted by atomic mass is 10.1. The molecule has 1 aromatic rings. The Labute approximate surface area is 154 Å². The number of ether oxygens (including phenoxy) is 4. The third kappa shape index (κ3) is 4.66. The Bertz CT molecular complexity index is 764. The summed E-state index contributed by atoms with van der Waals surface area (Å²) in [6.07, 6.45) is 1.27. The lowest BCUT2D eigenvalue weighted by Crippen LogP contribution is -2.41. The summed E-state index contributed by atoms with van der Waals surface area (Å²) in [4.78, 5) is 35.0. The van der Waals surface area contributed by atoms with E-state index in [0.717, 1.165) is 0 Å². The molecule has 0 unspecified atom stereocenters. The zero-order chi connectivity index (χ0) is 19.5. The summed E-state index contributed by atoms with van der Waals surface area (Å²) in [5.74, 6) is -3.27. The molecule has 0 aliphatic carbocycles. The van der Waals surface area contributed by atoms with E-state index in [0.29, 0.717) is 12.2 Å². The van der Waals surface area contributed by atoms with E-state index in [1.807, 2.05) is 0 Å². The SMILES string of the molecule is CCOc1cc(C=C2C(=O)OC(C)(C)OC2=O)cc(Cl)c1OCC(N)=O. The Morgan fingerprint density at radius 1 is 1.23 bits per heavy atom. The first-order valence-electron chi connectivity index (χ1n) is 7.68. The number of carbonyl (C=O) groups excluding carboxylic acids is 3. The Balaban J connectivity index is 2.39.